The minimum Gasteiger partial charge on any atom is -0.307 e. The molecule has 0 N–H and O–H groups in total. The Kier molecular flexibility index (Phi) is 5.35. The maximum atomic E-state index is 11.8. The number of rotatable bonds is 6. The number of aromatic nitrogens is 3. The van der Waals surface area contributed by atoms with Crippen LogP contribution in [0.1, 0.15) is 55.1 Å². The van der Waals surface area contributed by atoms with Crippen molar-refractivity contribution in [1.82, 2.24) is 19.2 Å². The largest absolute Gasteiger partial charge is 0.307 e. The molecule has 2 aromatic rings. The van der Waals surface area contributed by atoms with Crippen molar-refractivity contribution >= 4 is 22.1 Å². The molecule has 2 aliphatic carbocycles. The van der Waals surface area contributed by atoms with Crippen molar-refractivity contribution in [2.75, 3.05) is 11.5 Å². The summed E-state index contributed by atoms with van der Waals surface area (Å²) in [6.45, 7) is 0.708. The molecule has 8 heteroatoms. The van der Waals surface area contributed by atoms with Gasteiger partial charge in [-0.1, -0.05) is 24.3 Å². The first-order chi connectivity index (χ1) is 14.4. The van der Waals surface area contributed by atoms with Crippen LogP contribution in [-0.4, -0.2) is 45.2 Å². The van der Waals surface area contributed by atoms with Crippen molar-refractivity contribution in [2.45, 2.75) is 63.7 Å². The third kappa shape index (κ3) is 4.01. The fourth-order valence-corrected chi connectivity index (χ4v) is 7.26. The van der Waals surface area contributed by atoms with E-state index in [1.807, 2.05) is 16.3 Å². The molecule has 5 rings (SSSR count). The summed E-state index contributed by atoms with van der Waals surface area (Å²) < 4.78 is 28.3. The van der Waals surface area contributed by atoms with Gasteiger partial charge in [0.2, 0.25) is 0 Å². The molecule has 1 saturated heterocycles. The molecule has 1 aromatic carbocycles. The van der Waals surface area contributed by atoms with Crippen LogP contribution in [-0.2, 0) is 36.4 Å². The van der Waals surface area contributed by atoms with Crippen molar-refractivity contribution < 1.29 is 8.42 Å². The lowest BCUT2D eigenvalue weighted by Gasteiger charge is -2.36. The molecule has 30 heavy (non-hydrogen) atoms. The summed E-state index contributed by atoms with van der Waals surface area (Å²) in [5.74, 6) is 1.64. The maximum Gasteiger partial charge on any atom is 0.198 e. The first kappa shape index (κ1) is 20.4. The van der Waals surface area contributed by atoms with Gasteiger partial charge in [0.15, 0.2) is 14.6 Å². The highest BCUT2D eigenvalue weighted by atomic mass is 32.2. The van der Waals surface area contributed by atoms with Crippen LogP contribution in [0.4, 0.5) is 0 Å². The fourth-order valence-electron chi connectivity index (χ4n) is 5.20. The molecule has 0 amide bonds. The van der Waals surface area contributed by atoms with E-state index in [0.29, 0.717) is 30.9 Å². The molecule has 0 spiro atoms. The zero-order chi connectivity index (χ0) is 20.9. The summed E-state index contributed by atoms with van der Waals surface area (Å²) in [6, 6.07) is 9.89. The van der Waals surface area contributed by atoms with Gasteiger partial charge in [-0.25, -0.2) is 13.1 Å². The molecule has 2 fully saturated rings. The van der Waals surface area contributed by atoms with Crippen LogP contribution in [0.15, 0.2) is 24.3 Å². The van der Waals surface area contributed by atoms with Gasteiger partial charge >= 0.3 is 0 Å². The number of aryl methyl sites for hydroxylation is 1. The van der Waals surface area contributed by atoms with Crippen LogP contribution in [0, 0.1) is 10.7 Å². The zero-order valence-corrected chi connectivity index (χ0v) is 19.2. The van der Waals surface area contributed by atoms with Crippen LogP contribution in [0.25, 0.3) is 0 Å². The molecule has 0 unspecified atom stereocenters. The number of sulfone groups is 1. The molecule has 2 atom stereocenters. The minimum atomic E-state index is -2.87. The highest BCUT2D eigenvalue weighted by molar-refractivity contribution is 7.91. The van der Waals surface area contributed by atoms with Crippen LogP contribution in [0.2, 0.25) is 0 Å². The third-order valence-corrected chi connectivity index (χ3v) is 9.30. The van der Waals surface area contributed by atoms with E-state index in [1.54, 1.807) is 0 Å². The van der Waals surface area contributed by atoms with E-state index >= 15 is 0 Å². The zero-order valence-electron chi connectivity index (χ0n) is 17.5. The lowest BCUT2D eigenvalue weighted by Crippen LogP contribution is -2.35. The normalized spacial score (nSPS) is 25.5. The summed E-state index contributed by atoms with van der Waals surface area (Å²) in [4.78, 5) is 2.60. The van der Waals surface area contributed by atoms with Gasteiger partial charge in [-0.3, -0.25) is 4.90 Å². The van der Waals surface area contributed by atoms with Gasteiger partial charge in [-0.15, -0.1) is 0 Å². The van der Waals surface area contributed by atoms with Gasteiger partial charge in [-0.2, -0.15) is 5.10 Å². The van der Waals surface area contributed by atoms with E-state index in [9.17, 15) is 8.42 Å². The molecule has 0 bridgehead atoms. The highest BCUT2D eigenvalue weighted by Gasteiger charge is 2.37. The van der Waals surface area contributed by atoms with Crippen molar-refractivity contribution in [3.05, 3.63) is 46.0 Å². The molecule has 0 radical (unpaired) electrons. The Labute approximate surface area is 183 Å². The molecule has 162 valence electrons. The smallest absolute Gasteiger partial charge is 0.198 e. The Morgan fingerprint density at radius 3 is 2.73 bits per heavy atom. The van der Waals surface area contributed by atoms with Gasteiger partial charge in [0, 0.05) is 25.6 Å². The van der Waals surface area contributed by atoms with Gasteiger partial charge < -0.3 is 4.57 Å². The molecule has 1 saturated carbocycles. The quantitative estimate of drug-likeness (QED) is 0.637. The number of fused-ring (bicyclic) bond motifs is 1. The second-order valence-corrected chi connectivity index (χ2v) is 11.8. The van der Waals surface area contributed by atoms with Crippen LogP contribution < -0.4 is 0 Å². The average Bonchev–Trinajstić information content (AvgIpc) is 3.47. The predicted octanol–water partition coefficient (Wildman–Crippen LogP) is 3.43. The first-order valence-corrected chi connectivity index (χ1v) is 13.3. The maximum absolute atomic E-state index is 11.8. The van der Waals surface area contributed by atoms with Gasteiger partial charge in [0.05, 0.1) is 18.2 Å². The van der Waals surface area contributed by atoms with Crippen LogP contribution in [0.3, 0.4) is 0 Å². The Balaban J connectivity index is 1.39. The predicted molar refractivity (Wildman–Crippen MR) is 119 cm³/mol. The van der Waals surface area contributed by atoms with E-state index < -0.39 is 9.84 Å². The molecule has 2 heterocycles. The third-order valence-electron chi connectivity index (χ3n) is 6.98. The van der Waals surface area contributed by atoms with E-state index in [0.717, 1.165) is 17.0 Å². The Hall–Kier alpha value is -1.51. The molecule has 1 aromatic heterocycles. The fraction of sp³-hybridized carbons (Fsp3) is 0.636. The molecular formula is C22H30N4O2S2. The topological polar surface area (TPSA) is 60.1 Å². The lowest BCUT2D eigenvalue weighted by atomic mass is 9.87. The average molecular weight is 447 g/mol. The van der Waals surface area contributed by atoms with E-state index in [1.165, 1.54) is 43.2 Å². The van der Waals surface area contributed by atoms with E-state index in [2.05, 4.69) is 29.2 Å². The monoisotopic (exact) mass is 446 g/mol. The molecule has 1 aliphatic heterocycles. The number of hydrogen-bond donors (Lipinski definition) is 0. The summed E-state index contributed by atoms with van der Waals surface area (Å²) in [6.07, 6.45) is 7.47. The Bertz CT molecular complexity index is 1100. The summed E-state index contributed by atoms with van der Waals surface area (Å²) in [5.41, 5.74) is 2.95. The van der Waals surface area contributed by atoms with E-state index in [4.69, 9.17) is 17.3 Å². The first-order valence-electron chi connectivity index (χ1n) is 11.1. The van der Waals surface area contributed by atoms with E-state index in [-0.39, 0.29) is 11.7 Å². The summed E-state index contributed by atoms with van der Waals surface area (Å²) in [7, 11) is -0.914. The summed E-state index contributed by atoms with van der Waals surface area (Å²) >= 11 is 5.72. The van der Waals surface area contributed by atoms with Crippen molar-refractivity contribution in [3.8, 4) is 0 Å². The van der Waals surface area contributed by atoms with Crippen molar-refractivity contribution in [3.63, 3.8) is 0 Å². The molecule has 6 nitrogen and oxygen atoms in total. The second-order valence-electron chi connectivity index (χ2n) is 9.22. The lowest BCUT2D eigenvalue weighted by molar-refractivity contribution is 0.118. The van der Waals surface area contributed by atoms with Gasteiger partial charge in [0.1, 0.15) is 5.82 Å². The van der Waals surface area contributed by atoms with Crippen molar-refractivity contribution in [1.29, 1.82) is 0 Å². The Morgan fingerprint density at radius 2 is 2.00 bits per heavy atom. The van der Waals surface area contributed by atoms with Gasteiger partial charge in [-0.05, 0) is 67.8 Å². The molecular weight excluding hydrogens is 416 g/mol. The van der Waals surface area contributed by atoms with Crippen molar-refractivity contribution in [2.24, 2.45) is 13.0 Å². The number of benzene rings is 1. The Morgan fingerprint density at radius 1 is 1.20 bits per heavy atom. The van der Waals surface area contributed by atoms with Gasteiger partial charge in [0.25, 0.3) is 0 Å². The molecule has 3 aliphatic rings. The highest BCUT2D eigenvalue weighted by Crippen LogP contribution is 2.41. The minimum absolute atomic E-state index is 0.156. The number of hydrogen-bond acceptors (Lipinski definition) is 5. The van der Waals surface area contributed by atoms with Crippen LogP contribution in [0.5, 0.6) is 0 Å². The van der Waals surface area contributed by atoms with Crippen LogP contribution >= 0.6 is 12.2 Å². The summed E-state index contributed by atoms with van der Waals surface area (Å²) in [5, 5.41) is 4.86. The standard InChI is InChI=1S/C22H30N4O2S2/c1-24-21(13-16-11-12-30(27,28)14-16)23-26(22(24)29)15-25(18-9-10-18)20-8-4-6-17-5-2-3-7-19(17)20/h2-3,5,7,16,18,20H,4,6,8-15H2,1H3/t16-,20+/m0/s1. The second kappa shape index (κ2) is 7.88. The number of nitrogens with zero attached hydrogens (tertiary/aromatic N) is 4. The SMILES string of the molecule is Cn1c(C[C@@H]2CCS(=O)(=O)C2)nn(CN(C2CC2)[C@@H]2CCCc3ccccc32)c1=S.